The highest BCUT2D eigenvalue weighted by Gasteiger charge is 2.08. The number of esters is 1. The second kappa shape index (κ2) is 29.4. The number of nitrogens with zero attached hydrogens (tertiary/aromatic N) is 2. The Hall–Kier alpha value is -4.91. The summed E-state index contributed by atoms with van der Waals surface area (Å²) in [5.74, 6) is -0.625. The highest BCUT2D eigenvalue weighted by molar-refractivity contribution is 6.67. The summed E-state index contributed by atoms with van der Waals surface area (Å²) in [5, 5.41) is 10.9. The Bertz CT molecular complexity index is 1640. The van der Waals surface area contributed by atoms with Crippen LogP contribution in [0.25, 0.3) is 22.3 Å². The minimum absolute atomic E-state index is 0. The summed E-state index contributed by atoms with van der Waals surface area (Å²) in [6.45, 7) is 4.37. The molecule has 4 aromatic carbocycles. The molecule has 2 amide bonds. The number of carbonyl (C=O) groups is 4. The Morgan fingerprint density at radius 3 is 1.53 bits per heavy atom. The fourth-order valence-corrected chi connectivity index (χ4v) is 5.06. The van der Waals surface area contributed by atoms with Crippen LogP contribution in [-0.2, 0) is 14.3 Å². The molecule has 4 rings (SSSR count). The first-order valence-electron chi connectivity index (χ1n) is 17.4. The average molecular weight is 778 g/mol. The van der Waals surface area contributed by atoms with Crippen molar-refractivity contribution in [3.8, 4) is 22.3 Å². The van der Waals surface area contributed by atoms with Crippen molar-refractivity contribution in [3.05, 3.63) is 120 Å². The number of benzene rings is 4. The maximum Gasteiger partial charge on any atom is 0.305 e. The molecule has 0 aromatic heterocycles. The van der Waals surface area contributed by atoms with Crippen LogP contribution in [-0.4, -0.2) is 98.5 Å². The fraction of sp³-hybridized carbons (Fsp3) is 0.349. The standard InChI is InChI=1S/C20H25N3O3.C13H9ClO.C8H18N2O2.2CH4/c1-23(14-5-8-19(24)22-26)15-13-21-20(25)18-11-9-17(10-12-18)16-6-3-2-4-7-16;14-13(15)12-8-6-11(7-9-12)10-4-2-1-3-5-10;1-10(7-5-9)6-3-4-8(11)12-2;;/h2-4,6-7,9-12,26H,5,8,13-15H2,1H3,(H,21,25)(H,22,24);1-9H;3-7,9H2,1-2H3;2*1H4. The summed E-state index contributed by atoms with van der Waals surface area (Å²) in [5.41, 5.74) is 12.5. The number of ether oxygens (including phenoxy) is 1. The molecule has 55 heavy (non-hydrogen) atoms. The van der Waals surface area contributed by atoms with Crippen molar-refractivity contribution in [1.29, 1.82) is 0 Å². The first kappa shape index (κ1) is 50.1. The van der Waals surface area contributed by atoms with Crippen molar-refractivity contribution in [2.75, 3.05) is 60.5 Å². The molecule has 0 heterocycles. The minimum atomic E-state index is -0.422. The fourth-order valence-electron chi connectivity index (χ4n) is 4.94. The number of hydrogen-bond donors (Lipinski definition) is 4. The Morgan fingerprint density at radius 1 is 0.655 bits per heavy atom. The molecule has 5 N–H and O–H groups in total. The maximum atomic E-state index is 12.2. The number of nitrogens with two attached hydrogens (primary N) is 1. The van der Waals surface area contributed by atoms with Crippen LogP contribution in [0.4, 0.5) is 0 Å². The quantitative estimate of drug-likeness (QED) is 0.0379. The predicted molar refractivity (Wildman–Crippen MR) is 224 cm³/mol. The molecule has 0 fully saturated rings. The lowest BCUT2D eigenvalue weighted by molar-refractivity contribution is -0.140. The van der Waals surface area contributed by atoms with E-state index in [4.69, 9.17) is 22.5 Å². The van der Waals surface area contributed by atoms with Crippen molar-refractivity contribution in [2.45, 2.75) is 40.5 Å². The van der Waals surface area contributed by atoms with Gasteiger partial charge in [0, 0.05) is 50.1 Å². The third-order valence-electron chi connectivity index (χ3n) is 7.98. The number of likely N-dealkylation sites (N-methyl/N-ethyl adjacent to an activating group) is 2. The summed E-state index contributed by atoms with van der Waals surface area (Å²) in [4.78, 5) is 48.8. The van der Waals surface area contributed by atoms with E-state index < -0.39 is 5.24 Å². The molecule has 300 valence electrons. The van der Waals surface area contributed by atoms with Crippen LogP contribution >= 0.6 is 11.6 Å². The van der Waals surface area contributed by atoms with E-state index in [2.05, 4.69) is 15.0 Å². The normalized spacial score (nSPS) is 9.96. The van der Waals surface area contributed by atoms with Crippen LogP contribution in [0.2, 0.25) is 0 Å². The first-order valence-corrected chi connectivity index (χ1v) is 17.8. The second-order valence-corrected chi connectivity index (χ2v) is 12.5. The van der Waals surface area contributed by atoms with E-state index in [1.165, 1.54) is 7.11 Å². The van der Waals surface area contributed by atoms with E-state index in [-0.39, 0.29) is 39.1 Å². The van der Waals surface area contributed by atoms with Crippen LogP contribution in [0.5, 0.6) is 0 Å². The lowest BCUT2D eigenvalue weighted by atomic mass is 10.0. The lowest BCUT2D eigenvalue weighted by Gasteiger charge is -2.16. The molecular weight excluding hydrogens is 718 g/mol. The number of hydroxylamine groups is 1. The SMILES string of the molecule is C.C.CN(CCCC(=O)NO)CCNC(=O)c1ccc(-c2ccccc2)cc1.COC(=O)CCCN(C)CCN.O=C(Cl)c1ccc(-c2ccccc2)cc1. The van der Waals surface area contributed by atoms with Crippen molar-refractivity contribution < 1.29 is 29.1 Å². The zero-order valence-electron chi connectivity index (χ0n) is 30.8. The highest BCUT2D eigenvalue weighted by Crippen LogP contribution is 2.20. The summed E-state index contributed by atoms with van der Waals surface area (Å²) in [6, 6.07) is 34.8. The molecule has 11 nitrogen and oxygen atoms in total. The van der Waals surface area contributed by atoms with Crippen LogP contribution in [0.3, 0.4) is 0 Å². The van der Waals surface area contributed by atoms with Gasteiger partial charge in [-0.05, 0) is 98.1 Å². The molecule has 0 aliphatic rings. The molecule has 0 radical (unpaired) electrons. The maximum absolute atomic E-state index is 12.2. The van der Waals surface area contributed by atoms with Gasteiger partial charge >= 0.3 is 5.97 Å². The summed E-state index contributed by atoms with van der Waals surface area (Å²) in [7, 11) is 5.33. The van der Waals surface area contributed by atoms with E-state index in [9.17, 15) is 19.2 Å². The van der Waals surface area contributed by atoms with Gasteiger partial charge in [-0.15, -0.1) is 0 Å². The molecule has 0 spiro atoms. The second-order valence-electron chi connectivity index (χ2n) is 12.1. The summed E-state index contributed by atoms with van der Waals surface area (Å²) in [6.07, 6.45) is 2.26. The van der Waals surface area contributed by atoms with Crippen molar-refractivity contribution >= 4 is 34.6 Å². The molecule has 0 aliphatic carbocycles. The first-order chi connectivity index (χ1) is 25.6. The van der Waals surface area contributed by atoms with E-state index in [1.807, 2.05) is 116 Å². The van der Waals surface area contributed by atoms with Gasteiger partial charge < -0.3 is 25.6 Å². The third kappa shape index (κ3) is 20.9. The topological polar surface area (TPSA) is 154 Å². The molecule has 0 aliphatic heterocycles. The zero-order valence-corrected chi connectivity index (χ0v) is 31.6. The van der Waals surface area contributed by atoms with Gasteiger partial charge in [0.2, 0.25) is 5.91 Å². The van der Waals surface area contributed by atoms with Gasteiger partial charge in [0.25, 0.3) is 11.1 Å². The van der Waals surface area contributed by atoms with Gasteiger partial charge in [0.1, 0.15) is 0 Å². The number of halogens is 1. The molecule has 4 aromatic rings. The van der Waals surface area contributed by atoms with Gasteiger partial charge in [-0.25, -0.2) is 5.48 Å². The lowest BCUT2D eigenvalue weighted by Crippen LogP contribution is -2.33. The Labute approximate surface area is 332 Å². The number of rotatable bonds is 17. The van der Waals surface area contributed by atoms with E-state index in [1.54, 1.807) is 17.6 Å². The smallest absolute Gasteiger partial charge is 0.305 e. The van der Waals surface area contributed by atoms with Gasteiger partial charge in [-0.3, -0.25) is 24.4 Å². The Kier molecular flexibility index (Phi) is 26.8. The van der Waals surface area contributed by atoms with Crippen LogP contribution in [0.15, 0.2) is 109 Å². The third-order valence-corrected chi connectivity index (χ3v) is 8.20. The van der Waals surface area contributed by atoms with Gasteiger partial charge in [0.05, 0.1) is 7.11 Å². The van der Waals surface area contributed by atoms with E-state index in [0.29, 0.717) is 43.6 Å². The Morgan fingerprint density at radius 2 is 1.09 bits per heavy atom. The summed E-state index contributed by atoms with van der Waals surface area (Å²) < 4.78 is 4.51. The number of methoxy groups -OCH3 is 1. The molecule has 0 saturated carbocycles. The monoisotopic (exact) mass is 777 g/mol. The van der Waals surface area contributed by atoms with Gasteiger partial charge in [-0.2, -0.15) is 0 Å². The molecule has 0 atom stereocenters. The average Bonchev–Trinajstić information content (AvgIpc) is 3.19. The largest absolute Gasteiger partial charge is 0.469 e. The Balaban J connectivity index is 0.000000857. The van der Waals surface area contributed by atoms with Crippen molar-refractivity contribution in [2.24, 2.45) is 5.73 Å². The van der Waals surface area contributed by atoms with Gasteiger partial charge in [0.15, 0.2) is 0 Å². The molecule has 0 bridgehead atoms. The van der Waals surface area contributed by atoms with Crippen molar-refractivity contribution in [3.63, 3.8) is 0 Å². The van der Waals surface area contributed by atoms with Gasteiger partial charge in [-0.1, -0.05) is 99.8 Å². The molecule has 0 unspecified atom stereocenters. The van der Waals surface area contributed by atoms with Crippen LogP contribution in [0, 0.1) is 0 Å². The number of carbonyl (C=O) groups excluding carboxylic acids is 4. The highest BCUT2D eigenvalue weighted by atomic mass is 35.5. The number of nitrogens with one attached hydrogen (secondary N) is 2. The van der Waals surface area contributed by atoms with E-state index >= 15 is 0 Å². The molecule has 0 saturated heterocycles. The molecule has 12 heteroatoms. The molecular formula is C43H60ClN5O6. The number of amides is 2. The van der Waals surface area contributed by atoms with E-state index in [0.717, 1.165) is 48.3 Å². The van der Waals surface area contributed by atoms with Crippen LogP contribution in [0.1, 0.15) is 61.3 Å². The van der Waals surface area contributed by atoms with Crippen LogP contribution < -0.4 is 16.5 Å². The van der Waals surface area contributed by atoms with Crippen molar-refractivity contribution in [1.82, 2.24) is 20.6 Å². The predicted octanol–water partition coefficient (Wildman–Crippen LogP) is 7.14. The number of hydrogen-bond acceptors (Lipinski definition) is 9. The zero-order chi connectivity index (χ0) is 38.8. The minimum Gasteiger partial charge on any atom is -0.469 e. The summed E-state index contributed by atoms with van der Waals surface area (Å²) >= 11 is 5.36.